The maximum Gasteiger partial charge on any atom is 0.0433 e. The molecule has 1 heterocycles. The molecule has 0 aliphatic rings. The highest BCUT2D eigenvalue weighted by Crippen LogP contribution is 2.45. The molecule has 262 valence electrons. The highest BCUT2D eigenvalue weighted by atomic mass is 32.1. The third-order valence-corrected chi connectivity index (χ3v) is 13.7. The van der Waals surface area contributed by atoms with Crippen LogP contribution in [0.2, 0.25) is 0 Å². The molecule has 12 aromatic carbocycles. The van der Waals surface area contributed by atoms with E-state index in [0.717, 1.165) is 0 Å². The smallest absolute Gasteiger partial charge is 0.0433 e. The third kappa shape index (κ3) is 4.55. The number of hydrogen-bond acceptors (Lipinski definition) is 1. The van der Waals surface area contributed by atoms with Crippen molar-refractivity contribution in [1.29, 1.82) is 0 Å². The Morgan fingerprint density at radius 1 is 0.246 bits per heavy atom. The van der Waals surface area contributed by atoms with Crippen molar-refractivity contribution in [2.75, 3.05) is 0 Å². The normalized spacial score (nSPS) is 12.2. The third-order valence-electron chi connectivity index (χ3n) is 12.5. The van der Waals surface area contributed by atoms with Gasteiger partial charge in [0.05, 0.1) is 0 Å². The van der Waals surface area contributed by atoms with Crippen LogP contribution in [0.25, 0.3) is 129 Å². The summed E-state index contributed by atoms with van der Waals surface area (Å²) in [4.78, 5) is 0. The van der Waals surface area contributed by atoms with Gasteiger partial charge in [-0.05, 0) is 145 Å². The van der Waals surface area contributed by atoms with Gasteiger partial charge in [-0.25, -0.2) is 0 Å². The molecule has 0 atom stereocenters. The SMILES string of the molecule is c1ccc(-c2ccc3ccc4cc(-c5cccc(-c6ccc7c(ccc8c9cc%10c%11ccccc%11c%11ccccc%11c%10cc9sc78)c6)c5)cc5ccc2c3c45)cc1. The van der Waals surface area contributed by atoms with Crippen LogP contribution in [0.3, 0.4) is 0 Å². The first-order valence-electron chi connectivity index (χ1n) is 19.7. The first-order chi connectivity index (χ1) is 28.2. The van der Waals surface area contributed by atoms with Crippen molar-refractivity contribution in [1.82, 2.24) is 0 Å². The minimum Gasteiger partial charge on any atom is -0.135 e. The van der Waals surface area contributed by atoms with Crippen molar-refractivity contribution in [2.24, 2.45) is 0 Å². The van der Waals surface area contributed by atoms with Crippen LogP contribution >= 0.6 is 11.3 Å². The topological polar surface area (TPSA) is 0 Å². The van der Waals surface area contributed by atoms with Gasteiger partial charge >= 0.3 is 0 Å². The maximum absolute atomic E-state index is 2.45. The number of hydrogen-bond donors (Lipinski definition) is 0. The quantitative estimate of drug-likeness (QED) is 0.158. The fourth-order valence-electron chi connectivity index (χ4n) is 9.87. The van der Waals surface area contributed by atoms with Crippen LogP contribution in [0, 0.1) is 0 Å². The zero-order valence-corrected chi connectivity index (χ0v) is 31.7. The molecule has 57 heavy (non-hydrogen) atoms. The highest BCUT2D eigenvalue weighted by Gasteiger charge is 2.16. The molecule has 1 aromatic heterocycles. The van der Waals surface area contributed by atoms with E-state index < -0.39 is 0 Å². The van der Waals surface area contributed by atoms with E-state index in [0.29, 0.717) is 0 Å². The minimum atomic E-state index is 1.23. The monoisotopic (exact) mass is 736 g/mol. The van der Waals surface area contributed by atoms with Crippen molar-refractivity contribution in [3.63, 3.8) is 0 Å². The van der Waals surface area contributed by atoms with Crippen LogP contribution in [0.4, 0.5) is 0 Å². The molecule has 13 rings (SSSR count). The Kier molecular flexibility index (Phi) is 6.41. The van der Waals surface area contributed by atoms with E-state index in [1.165, 1.54) is 129 Å². The predicted octanol–water partition coefficient (Wildman–Crippen LogP) is 16.6. The largest absolute Gasteiger partial charge is 0.135 e. The van der Waals surface area contributed by atoms with E-state index in [1.807, 2.05) is 11.3 Å². The Morgan fingerprint density at radius 3 is 1.56 bits per heavy atom. The second kappa shape index (κ2) is 11.7. The molecular weight excluding hydrogens is 705 g/mol. The first kappa shape index (κ1) is 31.2. The van der Waals surface area contributed by atoms with Gasteiger partial charge in [0.15, 0.2) is 0 Å². The number of benzene rings is 12. The Morgan fingerprint density at radius 2 is 0.789 bits per heavy atom. The Bertz CT molecular complexity index is 3770. The van der Waals surface area contributed by atoms with Gasteiger partial charge in [-0.2, -0.15) is 0 Å². The summed E-state index contributed by atoms with van der Waals surface area (Å²) in [5, 5.41) is 21.1. The summed E-state index contributed by atoms with van der Waals surface area (Å²) < 4.78 is 2.70. The molecule has 0 aliphatic heterocycles. The van der Waals surface area contributed by atoms with Crippen LogP contribution in [-0.4, -0.2) is 0 Å². The lowest BCUT2D eigenvalue weighted by molar-refractivity contribution is 1.62. The Labute approximate surface area is 332 Å². The molecule has 0 amide bonds. The van der Waals surface area contributed by atoms with Gasteiger partial charge < -0.3 is 0 Å². The van der Waals surface area contributed by atoms with E-state index in [4.69, 9.17) is 0 Å². The Balaban J connectivity index is 0.920. The summed E-state index contributed by atoms with van der Waals surface area (Å²) in [5.74, 6) is 0. The lowest BCUT2D eigenvalue weighted by atomic mass is 9.88. The van der Waals surface area contributed by atoms with Gasteiger partial charge in [0.1, 0.15) is 0 Å². The molecule has 0 saturated heterocycles. The predicted molar refractivity (Wildman–Crippen MR) is 249 cm³/mol. The summed E-state index contributed by atoms with van der Waals surface area (Å²) >= 11 is 1.92. The van der Waals surface area contributed by atoms with Crippen molar-refractivity contribution < 1.29 is 0 Å². The number of rotatable bonds is 3. The molecule has 0 unspecified atom stereocenters. The van der Waals surface area contributed by atoms with E-state index in [1.54, 1.807) is 0 Å². The summed E-state index contributed by atoms with van der Waals surface area (Å²) in [6.45, 7) is 0. The molecular formula is C56H32S. The fraction of sp³-hybridized carbons (Fsp3) is 0. The van der Waals surface area contributed by atoms with Crippen molar-refractivity contribution in [3.05, 3.63) is 194 Å². The molecule has 0 aliphatic carbocycles. The molecule has 0 nitrogen and oxygen atoms in total. The lowest BCUT2D eigenvalue weighted by Crippen LogP contribution is -1.89. The maximum atomic E-state index is 2.45. The van der Waals surface area contributed by atoms with Crippen molar-refractivity contribution >= 4 is 107 Å². The van der Waals surface area contributed by atoms with Crippen molar-refractivity contribution in [3.8, 4) is 33.4 Å². The molecule has 0 spiro atoms. The van der Waals surface area contributed by atoms with Crippen molar-refractivity contribution in [2.45, 2.75) is 0 Å². The van der Waals surface area contributed by atoms with E-state index in [2.05, 4.69) is 194 Å². The molecule has 0 fully saturated rings. The zero-order valence-electron chi connectivity index (χ0n) is 30.9. The Hall–Kier alpha value is -7.06. The summed E-state index contributed by atoms with van der Waals surface area (Å²) in [7, 11) is 0. The van der Waals surface area contributed by atoms with Gasteiger partial charge in [-0.1, -0.05) is 158 Å². The second-order valence-electron chi connectivity index (χ2n) is 15.6. The zero-order chi connectivity index (χ0) is 37.2. The van der Waals surface area contributed by atoms with Gasteiger partial charge in [0, 0.05) is 20.2 Å². The average Bonchev–Trinajstić information content (AvgIpc) is 3.65. The molecule has 13 aromatic rings. The van der Waals surface area contributed by atoms with Crippen LogP contribution < -0.4 is 0 Å². The second-order valence-corrected chi connectivity index (χ2v) is 16.7. The lowest BCUT2D eigenvalue weighted by Gasteiger charge is -2.16. The standard InChI is InChI=1S/C56H32S/c1-2-9-33(10-3-1)42-23-19-34-17-18-39-29-41(30-40-22-25-48(42)55(34)54(39)40)36-12-8-11-35(27-36)37-20-24-43-38(28-37)21-26-49-52-31-50-46-15-6-4-13-44(46)45-14-5-7-16-47(45)51(50)32-53(52)57-56(43)49/h1-32H. The van der Waals surface area contributed by atoms with Crippen LogP contribution in [-0.2, 0) is 0 Å². The first-order valence-corrected chi connectivity index (χ1v) is 20.6. The minimum absolute atomic E-state index is 1.23. The molecule has 0 N–H and O–H groups in total. The number of thiophene rings is 1. The van der Waals surface area contributed by atoms with Crippen LogP contribution in [0.15, 0.2) is 194 Å². The summed E-state index contributed by atoms with van der Waals surface area (Å²) in [5.41, 5.74) is 7.48. The molecule has 0 radical (unpaired) electrons. The van der Waals surface area contributed by atoms with Crippen LogP contribution in [0.5, 0.6) is 0 Å². The molecule has 0 bridgehead atoms. The van der Waals surface area contributed by atoms with E-state index in [-0.39, 0.29) is 0 Å². The van der Waals surface area contributed by atoms with Gasteiger partial charge in [-0.15, -0.1) is 11.3 Å². The molecule has 1 heteroatoms. The van der Waals surface area contributed by atoms with Gasteiger partial charge in [0.2, 0.25) is 0 Å². The molecule has 0 saturated carbocycles. The highest BCUT2D eigenvalue weighted by molar-refractivity contribution is 7.26. The average molecular weight is 737 g/mol. The van der Waals surface area contributed by atoms with Gasteiger partial charge in [0.25, 0.3) is 0 Å². The number of fused-ring (bicyclic) bond motifs is 11. The fourth-order valence-corrected chi connectivity index (χ4v) is 11.1. The van der Waals surface area contributed by atoms with E-state index in [9.17, 15) is 0 Å². The summed E-state index contributed by atoms with van der Waals surface area (Å²) in [6.07, 6.45) is 0. The van der Waals surface area contributed by atoms with E-state index >= 15 is 0 Å². The summed E-state index contributed by atoms with van der Waals surface area (Å²) in [6, 6.07) is 72.7. The van der Waals surface area contributed by atoms with Gasteiger partial charge in [-0.3, -0.25) is 0 Å². The van der Waals surface area contributed by atoms with Crippen LogP contribution in [0.1, 0.15) is 0 Å².